The third kappa shape index (κ3) is 6.37. The van der Waals surface area contributed by atoms with E-state index < -0.39 is 0 Å². The van der Waals surface area contributed by atoms with Crippen molar-refractivity contribution in [2.24, 2.45) is 0 Å². The maximum Gasteiger partial charge on any atom is 0.224 e. The van der Waals surface area contributed by atoms with Crippen molar-refractivity contribution in [1.29, 1.82) is 0 Å². The number of aromatic nitrogens is 2. The van der Waals surface area contributed by atoms with E-state index in [0.29, 0.717) is 13.0 Å². The van der Waals surface area contributed by atoms with Gasteiger partial charge in [0, 0.05) is 6.54 Å². The molecule has 0 aliphatic heterocycles. The molecule has 1 amide bonds. The molecule has 0 aliphatic rings. The van der Waals surface area contributed by atoms with E-state index in [4.69, 9.17) is 9.72 Å². The summed E-state index contributed by atoms with van der Waals surface area (Å²) < 4.78 is 8.28. The van der Waals surface area contributed by atoms with E-state index >= 15 is 0 Å². The highest BCUT2D eigenvalue weighted by Gasteiger charge is 2.18. The van der Waals surface area contributed by atoms with Gasteiger partial charge in [0.15, 0.2) is 0 Å². The Morgan fingerprint density at radius 1 is 0.897 bits per heavy atom. The minimum Gasteiger partial charge on any atom is -0.493 e. The number of carbonyl (C=O) groups excluding carboxylic acids is 1. The molecule has 1 atom stereocenters. The zero-order valence-corrected chi connectivity index (χ0v) is 22.9. The molecule has 1 heterocycles. The van der Waals surface area contributed by atoms with E-state index in [1.165, 1.54) is 11.1 Å². The van der Waals surface area contributed by atoms with Gasteiger partial charge >= 0.3 is 0 Å². The SMILES string of the molecule is Cc1ccc(OCCCn2c(C(C)NC(=O)Cc3ccc(-c4ccccc4)cc3)nc3ccccc32)c(C)c1. The molecule has 0 aliphatic carbocycles. The van der Waals surface area contributed by atoms with E-state index in [1.54, 1.807) is 0 Å². The first-order chi connectivity index (χ1) is 19.0. The average molecular weight is 518 g/mol. The van der Waals surface area contributed by atoms with Gasteiger partial charge in [-0.25, -0.2) is 4.98 Å². The van der Waals surface area contributed by atoms with Crippen molar-refractivity contribution >= 4 is 16.9 Å². The first-order valence-corrected chi connectivity index (χ1v) is 13.6. The van der Waals surface area contributed by atoms with Crippen molar-refractivity contribution in [2.75, 3.05) is 6.61 Å². The van der Waals surface area contributed by atoms with Gasteiger partial charge in [-0.05, 0) is 67.6 Å². The number of hydrogen-bond acceptors (Lipinski definition) is 3. The Morgan fingerprint density at radius 2 is 1.62 bits per heavy atom. The van der Waals surface area contributed by atoms with Crippen LogP contribution in [-0.4, -0.2) is 22.1 Å². The molecule has 5 heteroatoms. The summed E-state index contributed by atoms with van der Waals surface area (Å²) in [6.07, 6.45) is 1.15. The molecular formula is C34H35N3O2. The molecular weight excluding hydrogens is 482 g/mol. The highest BCUT2D eigenvalue weighted by atomic mass is 16.5. The molecule has 5 aromatic rings. The Morgan fingerprint density at radius 3 is 2.38 bits per heavy atom. The molecule has 1 N–H and O–H groups in total. The summed E-state index contributed by atoms with van der Waals surface area (Å²) in [5.41, 5.74) is 7.67. The zero-order chi connectivity index (χ0) is 27.2. The molecule has 0 radical (unpaired) electrons. The highest BCUT2D eigenvalue weighted by molar-refractivity contribution is 5.80. The summed E-state index contributed by atoms with van der Waals surface area (Å²) >= 11 is 0. The smallest absolute Gasteiger partial charge is 0.224 e. The van der Waals surface area contributed by atoms with Crippen LogP contribution in [0.1, 0.15) is 41.9 Å². The summed E-state index contributed by atoms with van der Waals surface area (Å²) in [5, 5.41) is 3.17. The second-order valence-corrected chi connectivity index (χ2v) is 10.1. The summed E-state index contributed by atoms with van der Waals surface area (Å²) in [6.45, 7) is 7.52. The number of para-hydroxylation sites is 2. The third-order valence-electron chi connectivity index (χ3n) is 6.99. The van der Waals surface area contributed by atoms with Gasteiger partial charge in [-0.15, -0.1) is 0 Å². The van der Waals surface area contributed by atoms with Gasteiger partial charge < -0.3 is 14.6 Å². The molecule has 0 saturated heterocycles. The predicted molar refractivity (Wildman–Crippen MR) is 158 cm³/mol. The summed E-state index contributed by atoms with van der Waals surface area (Å²) in [6, 6.07) is 32.6. The van der Waals surface area contributed by atoms with Crippen molar-refractivity contribution in [3.05, 3.63) is 120 Å². The lowest BCUT2D eigenvalue weighted by Crippen LogP contribution is -2.30. The van der Waals surface area contributed by atoms with Gasteiger partial charge in [-0.3, -0.25) is 4.79 Å². The first kappa shape index (κ1) is 26.2. The lowest BCUT2D eigenvalue weighted by molar-refractivity contribution is -0.121. The van der Waals surface area contributed by atoms with E-state index in [-0.39, 0.29) is 11.9 Å². The fourth-order valence-electron chi connectivity index (χ4n) is 5.01. The quantitative estimate of drug-likeness (QED) is 0.199. The molecule has 5 nitrogen and oxygen atoms in total. The van der Waals surface area contributed by atoms with Gasteiger partial charge in [0.2, 0.25) is 5.91 Å². The molecule has 0 bridgehead atoms. The number of imidazole rings is 1. The van der Waals surface area contributed by atoms with E-state index in [2.05, 4.69) is 66.2 Å². The minimum atomic E-state index is -0.228. The molecule has 5 rings (SSSR count). The number of rotatable bonds is 10. The van der Waals surface area contributed by atoms with Crippen LogP contribution >= 0.6 is 0 Å². The Kier molecular flexibility index (Phi) is 8.07. The van der Waals surface area contributed by atoms with Crippen molar-refractivity contribution in [3.63, 3.8) is 0 Å². The predicted octanol–water partition coefficient (Wildman–Crippen LogP) is 7.21. The van der Waals surface area contributed by atoms with Gasteiger partial charge in [0.05, 0.1) is 30.1 Å². The number of nitrogens with zero attached hydrogens (tertiary/aromatic N) is 2. The molecule has 4 aromatic carbocycles. The van der Waals surface area contributed by atoms with Gasteiger partial charge in [-0.1, -0.05) is 84.4 Å². The normalized spacial score (nSPS) is 11.9. The van der Waals surface area contributed by atoms with Crippen molar-refractivity contribution in [1.82, 2.24) is 14.9 Å². The number of hydrogen-bond donors (Lipinski definition) is 1. The second kappa shape index (κ2) is 12.0. The van der Waals surface area contributed by atoms with Crippen LogP contribution in [0, 0.1) is 13.8 Å². The van der Waals surface area contributed by atoms with Crippen LogP contribution in [0.15, 0.2) is 97.1 Å². The fraction of sp³-hybridized carbons (Fsp3) is 0.235. The Bertz CT molecular complexity index is 1560. The zero-order valence-electron chi connectivity index (χ0n) is 22.9. The maximum atomic E-state index is 13.0. The molecule has 198 valence electrons. The summed E-state index contributed by atoms with van der Waals surface area (Å²) in [4.78, 5) is 17.9. The van der Waals surface area contributed by atoms with Crippen LogP contribution in [-0.2, 0) is 17.8 Å². The van der Waals surface area contributed by atoms with Crippen LogP contribution in [0.4, 0.5) is 0 Å². The number of benzene rings is 4. The summed E-state index contributed by atoms with van der Waals surface area (Å²) in [7, 11) is 0. The van der Waals surface area contributed by atoms with Crippen LogP contribution in [0.2, 0.25) is 0 Å². The second-order valence-electron chi connectivity index (χ2n) is 10.1. The first-order valence-electron chi connectivity index (χ1n) is 13.6. The lowest BCUT2D eigenvalue weighted by Gasteiger charge is -2.17. The Hall–Kier alpha value is -4.38. The molecule has 0 fully saturated rings. The topological polar surface area (TPSA) is 56.1 Å². The maximum absolute atomic E-state index is 13.0. The van der Waals surface area contributed by atoms with E-state index in [9.17, 15) is 4.79 Å². The van der Waals surface area contributed by atoms with Crippen LogP contribution in [0.3, 0.4) is 0 Å². The largest absolute Gasteiger partial charge is 0.493 e. The van der Waals surface area contributed by atoms with Gasteiger partial charge in [-0.2, -0.15) is 0 Å². The number of carbonyl (C=O) groups is 1. The average Bonchev–Trinajstić information content (AvgIpc) is 3.32. The number of nitrogens with one attached hydrogen (secondary N) is 1. The van der Waals surface area contributed by atoms with Crippen molar-refractivity contribution in [3.8, 4) is 16.9 Å². The molecule has 39 heavy (non-hydrogen) atoms. The monoisotopic (exact) mass is 517 g/mol. The molecule has 0 saturated carbocycles. The molecule has 0 spiro atoms. The van der Waals surface area contributed by atoms with Crippen LogP contribution < -0.4 is 10.1 Å². The van der Waals surface area contributed by atoms with E-state index in [1.807, 2.05) is 61.5 Å². The van der Waals surface area contributed by atoms with Crippen molar-refractivity contribution < 1.29 is 9.53 Å². The van der Waals surface area contributed by atoms with Gasteiger partial charge in [0.25, 0.3) is 0 Å². The number of ether oxygens (including phenoxy) is 1. The molecule has 1 aromatic heterocycles. The highest BCUT2D eigenvalue weighted by Crippen LogP contribution is 2.23. The van der Waals surface area contributed by atoms with E-state index in [0.717, 1.165) is 52.3 Å². The summed E-state index contributed by atoms with van der Waals surface area (Å²) in [5.74, 6) is 1.76. The number of aryl methyl sites for hydroxylation is 3. The minimum absolute atomic E-state index is 0.0215. The Balaban J connectivity index is 1.23. The van der Waals surface area contributed by atoms with Crippen molar-refractivity contribution in [2.45, 2.75) is 46.2 Å². The standard InChI is InChI=1S/C34H35N3O2/c1-24-14-19-32(25(2)22-24)39-21-9-20-37-31-13-8-7-12-30(31)36-34(37)26(3)35-33(38)23-27-15-17-29(18-16-27)28-10-5-4-6-11-28/h4-8,10-19,22,26H,9,20-21,23H2,1-3H3,(H,35,38). The molecule has 1 unspecified atom stereocenters. The van der Waals surface area contributed by atoms with Gasteiger partial charge in [0.1, 0.15) is 11.6 Å². The van der Waals surface area contributed by atoms with Crippen LogP contribution in [0.5, 0.6) is 5.75 Å². The van der Waals surface area contributed by atoms with Crippen LogP contribution in [0.25, 0.3) is 22.2 Å². The number of fused-ring (bicyclic) bond motifs is 1. The third-order valence-corrected chi connectivity index (χ3v) is 6.99. The lowest BCUT2D eigenvalue weighted by atomic mass is 10.0. The Labute approximate surface area is 230 Å². The number of amides is 1. The fourth-order valence-corrected chi connectivity index (χ4v) is 5.01.